The Balaban J connectivity index is 2.40. The highest BCUT2D eigenvalue weighted by molar-refractivity contribution is 5.96. The number of nitrogen functional groups attached to an aromatic ring is 1. The molecule has 0 atom stereocenters. The first-order valence-corrected chi connectivity index (χ1v) is 6.88. The fraction of sp³-hybridized carbons (Fsp3) is 0.533. The Hall–Kier alpha value is -1.78. The zero-order chi connectivity index (χ0) is 14.9. The van der Waals surface area contributed by atoms with Crippen LogP contribution in [0.1, 0.15) is 37.0 Å². The van der Waals surface area contributed by atoms with Crippen LogP contribution in [0.4, 0.5) is 15.8 Å². The number of rotatable bonds is 5. The molecule has 2 N–H and O–H groups in total. The second-order valence-electron chi connectivity index (χ2n) is 5.66. The van der Waals surface area contributed by atoms with Gasteiger partial charge in [-0.2, -0.15) is 0 Å². The number of hydrogen-bond donors (Lipinski definition) is 1. The maximum Gasteiger partial charge on any atom is 0.340 e. The molecule has 1 aliphatic carbocycles. The molecule has 1 fully saturated rings. The Morgan fingerprint density at radius 2 is 2.15 bits per heavy atom. The van der Waals surface area contributed by atoms with E-state index in [4.69, 9.17) is 5.73 Å². The molecule has 0 amide bonds. The highest BCUT2D eigenvalue weighted by Gasteiger charge is 2.32. The van der Waals surface area contributed by atoms with Gasteiger partial charge in [-0.15, -0.1) is 0 Å². The molecule has 0 heterocycles. The van der Waals surface area contributed by atoms with E-state index in [2.05, 4.69) is 18.6 Å². The minimum Gasteiger partial charge on any atom is -0.465 e. The van der Waals surface area contributed by atoms with Crippen molar-refractivity contribution in [2.45, 2.75) is 32.7 Å². The highest BCUT2D eigenvalue weighted by Crippen LogP contribution is 2.35. The number of carbonyl (C=O) groups excluding carboxylic acids is 1. The fourth-order valence-electron chi connectivity index (χ4n) is 2.31. The van der Waals surface area contributed by atoms with E-state index < -0.39 is 5.97 Å². The van der Waals surface area contributed by atoms with Gasteiger partial charge in [0, 0.05) is 18.3 Å². The molecular weight excluding hydrogens is 259 g/mol. The third kappa shape index (κ3) is 3.03. The molecule has 1 saturated carbocycles. The smallest absolute Gasteiger partial charge is 0.340 e. The maximum absolute atomic E-state index is 14.2. The Morgan fingerprint density at radius 3 is 2.65 bits per heavy atom. The Morgan fingerprint density at radius 1 is 1.50 bits per heavy atom. The lowest BCUT2D eigenvalue weighted by atomic mass is 10.1. The summed E-state index contributed by atoms with van der Waals surface area (Å²) >= 11 is 0. The molecule has 0 saturated heterocycles. The molecule has 1 aromatic rings. The van der Waals surface area contributed by atoms with E-state index >= 15 is 0 Å². The topological polar surface area (TPSA) is 55.6 Å². The van der Waals surface area contributed by atoms with Crippen LogP contribution in [0.25, 0.3) is 0 Å². The molecule has 0 aromatic heterocycles. The van der Waals surface area contributed by atoms with Gasteiger partial charge in [0.15, 0.2) is 0 Å². The quantitative estimate of drug-likeness (QED) is 0.665. The van der Waals surface area contributed by atoms with Crippen LogP contribution in [-0.4, -0.2) is 25.7 Å². The van der Waals surface area contributed by atoms with Crippen molar-refractivity contribution < 1.29 is 13.9 Å². The zero-order valence-electron chi connectivity index (χ0n) is 12.1. The van der Waals surface area contributed by atoms with Gasteiger partial charge in [0.1, 0.15) is 5.82 Å². The van der Waals surface area contributed by atoms with E-state index in [-0.39, 0.29) is 17.1 Å². The molecule has 0 aliphatic heterocycles. The van der Waals surface area contributed by atoms with Gasteiger partial charge >= 0.3 is 5.97 Å². The molecule has 0 bridgehead atoms. The van der Waals surface area contributed by atoms with Crippen LogP contribution in [0, 0.1) is 11.7 Å². The first-order chi connectivity index (χ1) is 9.43. The molecule has 0 spiro atoms. The number of carbonyl (C=O) groups is 1. The number of halogens is 1. The van der Waals surface area contributed by atoms with Crippen LogP contribution >= 0.6 is 0 Å². The normalized spacial score (nSPS) is 14.4. The standard InChI is InChI=1S/C15H21FN2O2/c1-9(2)8-18(10-4-5-10)14-6-11(15(19)20-3)13(17)7-12(14)16/h6-7,9-10H,4-5,8,17H2,1-3H3. The summed E-state index contributed by atoms with van der Waals surface area (Å²) in [6.07, 6.45) is 2.12. The largest absolute Gasteiger partial charge is 0.465 e. The van der Waals surface area contributed by atoms with Crippen LogP contribution in [0.2, 0.25) is 0 Å². The van der Waals surface area contributed by atoms with Crippen molar-refractivity contribution in [1.29, 1.82) is 0 Å². The molecule has 110 valence electrons. The summed E-state index contributed by atoms with van der Waals surface area (Å²) in [5.41, 5.74) is 6.47. The zero-order valence-corrected chi connectivity index (χ0v) is 12.1. The van der Waals surface area contributed by atoms with Crippen LogP contribution < -0.4 is 10.6 Å². The molecular formula is C15H21FN2O2. The number of ether oxygens (including phenoxy) is 1. The predicted molar refractivity (Wildman–Crippen MR) is 77.4 cm³/mol. The van der Waals surface area contributed by atoms with Crippen molar-refractivity contribution in [3.05, 3.63) is 23.5 Å². The summed E-state index contributed by atoms with van der Waals surface area (Å²) in [6, 6.07) is 3.08. The van der Waals surface area contributed by atoms with Crippen molar-refractivity contribution >= 4 is 17.3 Å². The predicted octanol–water partition coefficient (Wildman–Crippen LogP) is 2.82. The SMILES string of the molecule is COC(=O)c1cc(N(CC(C)C)C2CC2)c(F)cc1N. The van der Waals surface area contributed by atoms with E-state index in [9.17, 15) is 9.18 Å². The molecule has 0 radical (unpaired) electrons. The van der Waals surface area contributed by atoms with Gasteiger partial charge < -0.3 is 15.4 Å². The number of anilines is 2. The van der Waals surface area contributed by atoms with E-state index in [0.29, 0.717) is 17.6 Å². The maximum atomic E-state index is 14.2. The summed E-state index contributed by atoms with van der Waals surface area (Å²) in [5.74, 6) is -0.513. The van der Waals surface area contributed by atoms with Crippen LogP contribution in [-0.2, 0) is 4.74 Å². The highest BCUT2D eigenvalue weighted by atomic mass is 19.1. The number of methoxy groups -OCH3 is 1. The van der Waals surface area contributed by atoms with E-state index in [1.165, 1.54) is 19.2 Å². The fourth-order valence-corrected chi connectivity index (χ4v) is 2.31. The van der Waals surface area contributed by atoms with Gasteiger partial charge in [-0.05, 0) is 30.9 Å². The lowest BCUT2D eigenvalue weighted by molar-refractivity contribution is 0.0602. The molecule has 0 unspecified atom stereocenters. The first-order valence-electron chi connectivity index (χ1n) is 6.88. The van der Waals surface area contributed by atoms with Gasteiger partial charge in [-0.25, -0.2) is 9.18 Å². The van der Waals surface area contributed by atoms with Gasteiger partial charge in [0.2, 0.25) is 0 Å². The van der Waals surface area contributed by atoms with Gasteiger partial charge in [0.25, 0.3) is 0 Å². The van der Waals surface area contributed by atoms with Gasteiger partial charge in [0.05, 0.1) is 18.4 Å². The molecule has 1 aromatic carbocycles. The Bertz CT molecular complexity index is 513. The monoisotopic (exact) mass is 280 g/mol. The number of benzene rings is 1. The summed E-state index contributed by atoms with van der Waals surface area (Å²) in [4.78, 5) is 13.7. The minimum atomic E-state index is -0.538. The second kappa shape index (κ2) is 5.69. The molecule has 4 nitrogen and oxygen atoms in total. The van der Waals surface area contributed by atoms with E-state index in [0.717, 1.165) is 19.4 Å². The first kappa shape index (κ1) is 14.6. The molecule has 2 rings (SSSR count). The minimum absolute atomic E-state index is 0.110. The summed E-state index contributed by atoms with van der Waals surface area (Å²) in [7, 11) is 1.29. The van der Waals surface area contributed by atoms with Crippen LogP contribution in [0.3, 0.4) is 0 Å². The lowest BCUT2D eigenvalue weighted by Gasteiger charge is -2.27. The summed E-state index contributed by atoms with van der Waals surface area (Å²) < 4.78 is 18.9. The second-order valence-corrected chi connectivity index (χ2v) is 5.66. The third-order valence-corrected chi connectivity index (χ3v) is 3.38. The Labute approximate surface area is 118 Å². The molecule has 5 heteroatoms. The van der Waals surface area contributed by atoms with Crippen molar-refractivity contribution in [3.63, 3.8) is 0 Å². The number of nitrogens with zero attached hydrogens (tertiary/aromatic N) is 1. The van der Waals surface area contributed by atoms with Gasteiger partial charge in [-0.3, -0.25) is 0 Å². The molecule has 20 heavy (non-hydrogen) atoms. The van der Waals surface area contributed by atoms with Crippen molar-refractivity contribution in [1.82, 2.24) is 0 Å². The van der Waals surface area contributed by atoms with Gasteiger partial charge in [-0.1, -0.05) is 13.8 Å². The number of esters is 1. The number of nitrogens with two attached hydrogens (primary N) is 1. The van der Waals surface area contributed by atoms with Crippen molar-refractivity contribution in [2.75, 3.05) is 24.3 Å². The summed E-state index contributed by atoms with van der Waals surface area (Å²) in [5, 5.41) is 0. The lowest BCUT2D eigenvalue weighted by Crippen LogP contribution is -2.31. The summed E-state index contributed by atoms with van der Waals surface area (Å²) in [6.45, 7) is 4.93. The van der Waals surface area contributed by atoms with Crippen molar-refractivity contribution in [2.24, 2.45) is 5.92 Å². The van der Waals surface area contributed by atoms with Crippen LogP contribution in [0.5, 0.6) is 0 Å². The third-order valence-electron chi connectivity index (χ3n) is 3.38. The Kier molecular flexibility index (Phi) is 4.16. The average Bonchev–Trinajstić information content (AvgIpc) is 3.20. The van der Waals surface area contributed by atoms with E-state index in [1.807, 2.05) is 4.90 Å². The average molecular weight is 280 g/mol. The van der Waals surface area contributed by atoms with Crippen LogP contribution in [0.15, 0.2) is 12.1 Å². The van der Waals surface area contributed by atoms with Crippen molar-refractivity contribution in [3.8, 4) is 0 Å². The number of hydrogen-bond acceptors (Lipinski definition) is 4. The van der Waals surface area contributed by atoms with E-state index in [1.54, 1.807) is 0 Å². The molecule has 1 aliphatic rings.